The molecule has 0 radical (unpaired) electrons. The van der Waals surface area contributed by atoms with Crippen LogP contribution < -0.4 is 19.7 Å². The molecule has 0 saturated carbocycles. The first kappa shape index (κ1) is 22.5. The molecular weight excluding hydrogens is 486 g/mol. The van der Waals surface area contributed by atoms with E-state index in [0.717, 1.165) is 12.1 Å². The van der Waals surface area contributed by atoms with Gasteiger partial charge in [-0.15, -0.1) is 6.42 Å². The fourth-order valence-electron chi connectivity index (χ4n) is 2.86. The molecule has 32 heavy (non-hydrogen) atoms. The highest BCUT2D eigenvalue weighted by Crippen LogP contribution is 2.37. The van der Waals surface area contributed by atoms with E-state index in [1.807, 2.05) is 0 Å². The molecule has 1 aliphatic rings. The Bertz CT molecular complexity index is 1200. The van der Waals surface area contributed by atoms with Crippen LogP contribution in [0.1, 0.15) is 5.56 Å². The number of amides is 4. The molecule has 0 unspecified atom stereocenters. The van der Waals surface area contributed by atoms with Crippen LogP contribution in [-0.2, 0) is 9.59 Å². The maximum atomic E-state index is 13.0. The number of nitrogens with one attached hydrogen (secondary N) is 1. The molecule has 11 heteroatoms. The lowest BCUT2D eigenvalue weighted by atomic mass is 10.1. The first-order valence-corrected chi connectivity index (χ1v) is 9.65. The number of barbiturate groups is 1. The predicted octanol–water partition coefficient (Wildman–Crippen LogP) is 3.04. The number of nitrogens with zero attached hydrogens (tertiary/aromatic N) is 2. The van der Waals surface area contributed by atoms with Gasteiger partial charge < -0.3 is 9.47 Å². The van der Waals surface area contributed by atoms with Crippen molar-refractivity contribution in [1.82, 2.24) is 5.32 Å². The fourth-order valence-corrected chi connectivity index (χ4v) is 3.43. The van der Waals surface area contributed by atoms with Gasteiger partial charge in [-0.2, -0.15) is 0 Å². The van der Waals surface area contributed by atoms with Gasteiger partial charge in [-0.1, -0.05) is 5.92 Å². The summed E-state index contributed by atoms with van der Waals surface area (Å²) in [6, 6.07) is 6.90. The largest absolute Gasteiger partial charge is 0.493 e. The topological polar surface area (TPSA) is 128 Å². The van der Waals surface area contributed by atoms with E-state index in [9.17, 15) is 24.5 Å². The average Bonchev–Trinajstić information content (AvgIpc) is 2.75. The summed E-state index contributed by atoms with van der Waals surface area (Å²) in [4.78, 5) is 48.6. The van der Waals surface area contributed by atoms with Crippen molar-refractivity contribution in [3.05, 3.63) is 62.1 Å². The van der Waals surface area contributed by atoms with Crippen LogP contribution in [-0.4, -0.2) is 36.5 Å². The Morgan fingerprint density at radius 1 is 1.25 bits per heavy atom. The van der Waals surface area contributed by atoms with E-state index < -0.39 is 22.8 Å². The summed E-state index contributed by atoms with van der Waals surface area (Å²) in [5.74, 6) is 1.20. The van der Waals surface area contributed by atoms with Crippen molar-refractivity contribution in [2.75, 3.05) is 18.6 Å². The zero-order chi connectivity index (χ0) is 23.4. The summed E-state index contributed by atoms with van der Waals surface area (Å²) in [5.41, 5.74) is -0.0738. The summed E-state index contributed by atoms with van der Waals surface area (Å²) in [5, 5.41) is 12.9. The van der Waals surface area contributed by atoms with Crippen LogP contribution in [0, 0.1) is 22.5 Å². The molecule has 2 aromatic carbocycles. The molecule has 1 aliphatic heterocycles. The molecule has 1 N–H and O–H groups in total. The van der Waals surface area contributed by atoms with Crippen LogP contribution in [0.5, 0.6) is 11.5 Å². The van der Waals surface area contributed by atoms with E-state index in [1.165, 1.54) is 31.4 Å². The minimum Gasteiger partial charge on any atom is -0.493 e. The number of non-ortho nitro benzene ring substituents is 1. The number of hydrogen-bond acceptors (Lipinski definition) is 7. The Labute approximate surface area is 190 Å². The van der Waals surface area contributed by atoms with Gasteiger partial charge in [0.05, 0.1) is 22.2 Å². The molecule has 1 fully saturated rings. The van der Waals surface area contributed by atoms with Gasteiger partial charge in [-0.05, 0) is 51.8 Å². The molecule has 2 aromatic rings. The van der Waals surface area contributed by atoms with Crippen LogP contribution in [0.4, 0.5) is 16.2 Å². The number of halogens is 1. The summed E-state index contributed by atoms with van der Waals surface area (Å²) in [6.07, 6.45) is 6.49. The molecule has 4 amide bonds. The number of imide groups is 2. The Hall–Kier alpha value is -4.17. The summed E-state index contributed by atoms with van der Waals surface area (Å²) >= 11 is 3.33. The van der Waals surface area contributed by atoms with E-state index in [-0.39, 0.29) is 23.6 Å². The zero-order valence-corrected chi connectivity index (χ0v) is 18.0. The lowest BCUT2D eigenvalue weighted by molar-refractivity contribution is -0.384. The molecule has 0 atom stereocenters. The highest BCUT2D eigenvalue weighted by Gasteiger charge is 2.37. The molecular formula is C21H14BrN3O7. The van der Waals surface area contributed by atoms with Crippen LogP contribution >= 0.6 is 15.9 Å². The third-order valence-corrected chi connectivity index (χ3v) is 4.87. The van der Waals surface area contributed by atoms with Gasteiger partial charge in [0.1, 0.15) is 12.2 Å². The molecule has 10 nitrogen and oxygen atoms in total. The summed E-state index contributed by atoms with van der Waals surface area (Å²) in [7, 11) is 1.41. The van der Waals surface area contributed by atoms with Crippen LogP contribution in [0.25, 0.3) is 6.08 Å². The molecule has 0 aromatic heterocycles. The predicted molar refractivity (Wildman–Crippen MR) is 117 cm³/mol. The SMILES string of the molecule is C#CCOc1c(Br)cc(C=C2C(=O)NC(=O)N(c3ccc([N+](=O)[O-])cc3)C2=O)cc1OC. The lowest BCUT2D eigenvalue weighted by Crippen LogP contribution is -2.54. The van der Waals surface area contributed by atoms with Crippen molar-refractivity contribution in [1.29, 1.82) is 0 Å². The number of carbonyl (C=O) groups is 3. The second-order valence-electron chi connectivity index (χ2n) is 6.26. The summed E-state index contributed by atoms with van der Waals surface area (Å²) in [6.45, 7) is 0.00258. The average molecular weight is 500 g/mol. The molecule has 1 saturated heterocycles. The number of rotatable bonds is 6. The van der Waals surface area contributed by atoms with E-state index in [0.29, 0.717) is 26.4 Å². The van der Waals surface area contributed by atoms with Crippen molar-refractivity contribution < 1.29 is 28.8 Å². The Kier molecular flexibility index (Phi) is 6.56. The number of nitro benzene ring substituents is 1. The molecule has 1 heterocycles. The molecule has 0 aliphatic carbocycles. The van der Waals surface area contributed by atoms with Gasteiger partial charge in [0.15, 0.2) is 11.5 Å². The number of methoxy groups -OCH3 is 1. The fraction of sp³-hybridized carbons (Fsp3) is 0.0952. The quantitative estimate of drug-likeness (QED) is 0.212. The third-order valence-electron chi connectivity index (χ3n) is 4.28. The number of urea groups is 1. The Morgan fingerprint density at radius 2 is 1.94 bits per heavy atom. The number of anilines is 1. The minimum absolute atomic E-state index is 0.00258. The van der Waals surface area contributed by atoms with Crippen LogP contribution in [0.2, 0.25) is 0 Å². The van der Waals surface area contributed by atoms with E-state index >= 15 is 0 Å². The maximum Gasteiger partial charge on any atom is 0.335 e. The van der Waals surface area contributed by atoms with Crippen molar-refractivity contribution in [2.45, 2.75) is 0 Å². The number of carbonyl (C=O) groups excluding carboxylic acids is 3. The normalized spacial score (nSPS) is 14.7. The Morgan fingerprint density at radius 3 is 2.53 bits per heavy atom. The zero-order valence-electron chi connectivity index (χ0n) is 16.5. The molecule has 3 rings (SSSR count). The van der Waals surface area contributed by atoms with Crippen molar-refractivity contribution >= 4 is 51.2 Å². The molecule has 0 bridgehead atoms. The van der Waals surface area contributed by atoms with Crippen molar-refractivity contribution in [3.63, 3.8) is 0 Å². The first-order chi connectivity index (χ1) is 15.3. The molecule has 162 valence electrons. The smallest absolute Gasteiger partial charge is 0.335 e. The van der Waals surface area contributed by atoms with Crippen LogP contribution in [0.15, 0.2) is 46.4 Å². The van der Waals surface area contributed by atoms with E-state index in [2.05, 4.69) is 27.2 Å². The van der Waals surface area contributed by atoms with Crippen molar-refractivity contribution in [2.24, 2.45) is 0 Å². The maximum absolute atomic E-state index is 13.0. The van der Waals surface area contributed by atoms with Crippen molar-refractivity contribution in [3.8, 4) is 23.8 Å². The highest BCUT2D eigenvalue weighted by atomic mass is 79.9. The number of benzene rings is 2. The van der Waals surface area contributed by atoms with Gasteiger partial charge in [0.2, 0.25) is 0 Å². The highest BCUT2D eigenvalue weighted by molar-refractivity contribution is 9.10. The third kappa shape index (κ3) is 4.45. The number of terminal acetylenes is 1. The van der Waals surface area contributed by atoms with E-state index in [1.54, 1.807) is 6.07 Å². The lowest BCUT2D eigenvalue weighted by Gasteiger charge is -2.26. The number of nitro groups is 1. The second kappa shape index (κ2) is 9.32. The summed E-state index contributed by atoms with van der Waals surface area (Å²) < 4.78 is 11.2. The van der Waals surface area contributed by atoms with E-state index in [4.69, 9.17) is 15.9 Å². The van der Waals surface area contributed by atoms with Gasteiger partial charge in [0.25, 0.3) is 17.5 Å². The standard InChI is InChI=1S/C21H14BrN3O7/c1-3-8-32-18-16(22)10-12(11-17(18)31-2)9-15-19(26)23-21(28)24(20(15)27)13-4-6-14(7-5-13)25(29)30/h1,4-7,9-11H,8H2,2H3,(H,23,26,28). The van der Waals surface area contributed by atoms with Crippen LogP contribution in [0.3, 0.4) is 0 Å². The first-order valence-electron chi connectivity index (χ1n) is 8.86. The number of ether oxygens (including phenoxy) is 2. The monoisotopic (exact) mass is 499 g/mol. The van der Waals surface area contributed by atoms with Gasteiger partial charge in [0, 0.05) is 12.1 Å². The van der Waals surface area contributed by atoms with Gasteiger partial charge in [-0.25, -0.2) is 9.69 Å². The molecule has 0 spiro atoms. The van der Waals surface area contributed by atoms with Gasteiger partial charge in [-0.3, -0.25) is 25.0 Å². The second-order valence-corrected chi connectivity index (χ2v) is 7.11. The van der Waals surface area contributed by atoms with Gasteiger partial charge >= 0.3 is 6.03 Å². The minimum atomic E-state index is -0.970. The number of hydrogen-bond donors (Lipinski definition) is 1. The Balaban J connectivity index is 2.00.